The number of ether oxygens (including phenoxy) is 2. The van der Waals surface area contributed by atoms with Crippen LogP contribution >= 0.6 is 0 Å². The molecule has 0 saturated heterocycles. The van der Waals surface area contributed by atoms with Crippen molar-refractivity contribution < 1.29 is 14.3 Å². The maximum Gasteiger partial charge on any atom is 0.306 e. The van der Waals surface area contributed by atoms with Crippen LogP contribution < -0.4 is 4.74 Å². The molecule has 0 N–H and O–H groups in total. The molecule has 54 heavy (non-hydrogen) atoms. The van der Waals surface area contributed by atoms with E-state index in [2.05, 4.69) is 83.7 Å². The molecule has 0 heterocycles. The fourth-order valence-electron chi connectivity index (χ4n) is 11.7. The first-order chi connectivity index (χ1) is 26.1. The second-order valence-electron chi connectivity index (χ2n) is 18.9. The predicted molar refractivity (Wildman–Crippen MR) is 224 cm³/mol. The summed E-state index contributed by atoms with van der Waals surface area (Å²) in [6.07, 6.45) is 23.9. The van der Waals surface area contributed by atoms with E-state index in [9.17, 15) is 4.79 Å². The minimum Gasteiger partial charge on any atom is -0.494 e. The maximum absolute atomic E-state index is 12.9. The van der Waals surface area contributed by atoms with Crippen LogP contribution in [-0.4, -0.2) is 18.7 Å². The Labute approximate surface area is 329 Å². The first-order valence-electron chi connectivity index (χ1n) is 22.3. The number of fused-ring (bicyclic) bond motifs is 5. The van der Waals surface area contributed by atoms with E-state index >= 15 is 0 Å². The Morgan fingerprint density at radius 1 is 0.815 bits per heavy atom. The molecule has 0 bridgehead atoms. The Morgan fingerprint density at radius 3 is 2.28 bits per heavy atom. The molecular formula is C51H72O3. The summed E-state index contributed by atoms with van der Waals surface area (Å²) in [6, 6.07) is 16.7. The molecule has 0 aliphatic heterocycles. The highest BCUT2D eigenvalue weighted by Crippen LogP contribution is 2.67. The molecule has 8 atom stereocenters. The van der Waals surface area contributed by atoms with Crippen molar-refractivity contribution in [3.05, 3.63) is 76.9 Å². The van der Waals surface area contributed by atoms with Gasteiger partial charge in [-0.2, -0.15) is 0 Å². The Balaban J connectivity index is 0.898. The molecule has 0 amide bonds. The Bertz CT molecular complexity index is 1590. The average molecular weight is 733 g/mol. The normalized spacial score (nSPS) is 29.2. The molecule has 3 heteroatoms. The highest BCUT2D eigenvalue weighted by Gasteiger charge is 2.59. The molecule has 0 spiro atoms. The molecule has 0 unspecified atom stereocenters. The van der Waals surface area contributed by atoms with Crippen LogP contribution in [-0.2, 0) is 16.0 Å². The van der Waals surface area contributed by atoms with Gasteiger partial charge in [0.05, 0.1) is 6.61 Å². The van der Waals surface area contributed by atoms with Gasteiger partial charge in [0.2, 0.25) is 0 Å². The lowest BCUT2D eigenvalue weighted by Gasteiger charge is -2.58. The van der Waals surface area contributed by atoms with Gasteiger partial charge in [0.15, 0.2) is 0 Å². The average Bonchev–Trinajstić information content (AvgIpc) is 3.52. The van der Waals surface area contributed by atoms with Crippen molar-refractivity contribution in [2.24, 2.45) is 46.3 Å². The molecule has 4 aliphatic rings. The zero-order valence-electron chi connectivity index (χ0n) is 34.9. The zero-order chi connectivity index (χ0) is 38.1. The van der Waals surface area contributed by atoms with Crippen LogP contribution in [0.15, 0.2) is 60.2 Å². The van der Waals surface area contributed by atoms with Crippen molar-refractivity contribution in [1.82, 2.24) is 0 Å². The summed E-state index contributed by atoms with van der Waals surface area (Å²) in [5.41, 5.74) is 5.82. The Morgan fingerprint density at radius 2 is 1.56 bits per heavy atom. The number of esters is 1. The van der Waals surface area contributed by atoms with Gasteiger partial charge in [0.25, 0.3) is 0 Å². The molecule has 294 valence electrons. The quantitative estimate of drug-likeness (QED) is 0.0746. The van der Waals surface area contributed by atoms with Crippen LogP contribution in [0.4, 0.5) is 0 Å². The molecule has 2 aromatic rings. The van der Waals surface area contributed by atoms with Crippen molar-refractivity contribution >= 4 is 5.97 Å². The SMILES string of the molecule is CCCCCc1ccc(C#Cc2ccc(OCCCCC(=O)O[C@H]3CC[C@@]4(C)C(=CC[C@H]5[C@@H]6CC[C@H]([C@H](C)CCCC(C)C)[C@@]6(C)CC[C@@H]54)C3)cc2)cc1. The van der Waals surface area contributed by atoms with E-state index in [0.717, 1.165) is 84.5 Å². The highest BCUT2D eigenvalue weighted by atomic mass is 16.5. The number of hydrogen-bond acceptors (Lipinski definition) is 3. The van der Waals surface area contributed by atoms with Crippen molar-refractivity contribution in [2.45, 2.75) is 163 Å². The number of carbonyl (C=O) groups excluding carboxylic acids is 1. The summed E-state index contributed by atoms with van der Waals surface area (Å²) < 4.78 is 12.1. The molecular weight excluding hydrogens is 661 g/mol. The summed E-state index contributed by atoms with van der Waals surface area (Å²) >= 11 is 0. The van der Waals surface area contributed by atoms with E-state index in [0.29, 0.717) is 18.4 Å². The number of rotatable bonds is 16. The third kappa shape index (κ3) is 9.87. The summed E-state index contributed by atoms with van der Waals surface area (Å²) in [4.78, 5) is 12.9. The molecule has 3 saturated carbocycles. The van der Waals surface area contributed by atoms with Gasteiger partial charge in [0, 0.05) is 24.0 Å². The topological polar surface area (TPSA) is 35.5 Å². The number of unbranched alkanes of at least 4 members (excludes halogenated alkanes) is 3. The van der Waals surface area contributed by atoms with Gasteiger partial charge < -0.3 is 9.47 Å². The molecule has 3 fully saturated rings. The van der Waals surface area contributed by atoms with Gasteiger partial charge in [0.1, 0.15) is 11.9 Å². The second kappa shape index (κ2) is 18.8. The fraction of sp³-hybridized carbons (Fsp3) is 0.667. The van der Waals surface area contributed by atoms with E-state index in [4.69, 9.17) is 9.47 Å². The lowest BCUT2D eigenvalue weighted by molar-refractivity contribution is -0.151. The van der Waals surface area contributed by atoms with E-state index in [1.807, 2.05) is 24.3 Å². The minimum absolute atomic E-state index is 0.0394. The number of benzene rings is 2. The van der Waals surface area contributed by atoms with Crippen molar-refractivity contribution in [3.63, 3.8) is 0 Å². The molecule has 6 rings (SSSR count). The zero-order valence-corrected chi connectivity index (χ0v) is 34.9. The van der Waals surface area contributed by atoms with Crippen molar-refractivity contribution in [3.8, 4) is 17.6 Å². The van der Waals surface area contributed by atoms with Gasteiger partial charge in [-0.1, -0.05) is 109 Å². The number of aryl methyl sites for hydroxylation is 1. The molecule has 0 radical (unpaired) electrons. The molecule has 2 aromatic carbocycles. The van der Waals surface area contributed by atoms with E-state index in [-0.39, 0.29) is 17.5 Å². The second-order valence-corrected chi connectivity index (χ2v) is 18.9. The predicted octanol–water partition coefficient (Wildman–Crippen LogP) is 13.3. The van der Waals surface area contributed by atoms with E-state index in [1.54, 1.807) is 5.57 Å². The Hall–Kier alpha value is -2.99. The smallest absolute Gasteiger partial charge is 0.306 e. The third-order valence-corrected chi connectivity index (χ3v) is 14.8. The standard InChI is InChI=1S/C51H72O3/c1-7-8-9-15-39-17-19-40(20-18-39)21-22-41-23-26-43(27-24-41)53-35-11-10-16-49(52)54-44-31-33-50(5)42(36-44)25-28-45-47-30-29-46(38(4)14-12-13-37(2)3)51(47,6)34-32-48(45)50/h17-20,23-27,37-38,44-48H,7-16,28-36H2,1-6H3/t38-,44+,45+,46-,47+,48+,50+,51-/m1/s1. The molecule has 0 aromatic heterocycles. The van der Waals surface area contributed by atoms with Crippen LogP contribution in [0.5, 0.6) is 5.75 Å². The van der Waals surface area contributed by atoms with Crippen LogP contribution in [0.3, 0.4) is 0 Å². The van der Waals surface area contributed by atoms with Gasteiger partial charge in [-0.3, -0.25) is 4.79 Å². The van der Waals surface area contributed by atoms with Crippen LogP contribution in [0.25, 0.3) is 0 Å². The molecule has 3 nitrogen and oxygen atoms in total. The Kier molecular flexibility index (Phi) is 14.1. The fourth-order valence-corrected chi connectivity index (χ4v) is 11.7. The van der Waals surface area contributed by atoms with Crippen molar-refractivity contribution in [2.75, 3.05) is 6.61 Å². The summed E-state index contributed by atoms with van der Waals surface area (Å²) in [6.45, 7) is 15.4. The monoisotopic (exact) mass is 733 g/mol. The first-order valence-corrected chi connectivity index (χ1v) is 22.3. The lowest BCUT2D eigenvalue weighted by Crippen LogP contribution is -2.51. The van der Waals surface area contributed by atoms with Gasteiger partial charge in [-0.15, -0.1) is 0 Å². The number of hydrogen-bond donors (Lipinski definition) is 0. The lowest BCUT2D eigenvalue weighted by atomic mass is 9.47. The maximum atomic E-state index is 12.9. The highest BCUT2D eigenvalue weighted by molar-refractivity contribution is 5.69. The summed E-state index contributed by atoms with van der Waals surface area (Å²) in [7, 11) is 0. The van der Waals surface area contributed by atoms with Gasteiger partial charge in [-0.05, 0) is 159 Å². The van der Waals surface area contributed by atoms with Gasteiger partial charge >= 0.3 is 5.97 Å². The van der Waals surface area contributed by atoms with Gasteiger partial charge in [-0.25, -0.2) is 0 Å². The van der Waals surface area contributed by atoms with Crippen LogP contribution in [0, 0.1) is 58.2 Å². The van der Waals surface area contributed by atoms with Crippen LogP contribution in [0.2, 0.25) is 0 Å². The van der Waals surface area contributed by atoms with E-state index in [1.165, 1.54) is 82.6 Å². The first kappa shape index (κ1) is 40.7. The molecule has 4 aliphatic carbocycles. The summed E-state index contributed by atoms with van der Waals surface area (Å²) in [5.74, 6) is 12.5. The summed E-state index contributed by atoms with van der Waals surface area (Å²) in [5, 5.41) is 0. The van der Waals surface area contributed by atoms with E-state index < -0.39 is 0 Å². The van der Waals surface area contributed by atoms with Crippen molar-refractivity contribution in [1.29, 1.82) is 0 Å². The largest absolute Gasteiger partial charge is 0.494 e. The van der Waals surface area contributed by atoms with Crippen LogP contribution in [0.1, 0.15) is 167 Å². The minimum atomic E-state index is -0.0418. The third-order valence-electron chi connectivity index (χ3n) is 14.8. The number of carbonyl (C=O) groups is 1. The number of allylic oxidation sites excluding steroid dienone is 1.